The lowest BCUT2D eigenvalue weighted by Gasteiger charge is -2.40. The Labute approximate surface area is 225 Å². The maximum absolute atomic E-state index is 10.2. The summed E-state index contributed by atoms with van der Waals surface area (Å²) in [4.78, 5) is 0. The number of quaternary nitrogens is 1. The lowest BCUT2D eigenvalue weighted by atomic mass is 10.0. The van der Waals surface area contributed by atoms with Crippen molar-refractivity contribution in [2.75, 3.05) is 27.3 Å². The van der Waals surface area contributed by atoms with Gasteiger partial charge in [0.1, 0.15) is 12.1 Å². The van der Waals surface area contributed by atoms with Crippen LogP contribution in [0.3, 0.4) is 0 Å². The summed E-state index contributed by atoms with van der Waals surface area (Å²) in [5.74, 6) is 0. The normalized spacial score (nSPS) is 13.1. The molecule has 214 valence electrons. The van der Waals surface area contributed by atoms with Gasteiger partial charge in [0.25, 0.3) is 0 Å². The zero-order valence-electron chi connectivity index (χ0n) is 23.8. The van der Waals surface area contributed by atoms with Gasteiger partial charge in [0.15, 0.2) is 6.23 Å². The molecule has 0 aliphatic carbocycles. The molecule has 0 spiro atoms. The first-order valence-corrected chi connectivity index (χ1v) is 14.3. The van der Waals surface area contributed by atoms with Gasteiger partial charge in [0.2, 0.25) is 0 Å². The first kappa shape index (κ1) is 39.3. The van der Waals surface area contributed by atoms with Crippen molar-refractivity contribution in [1.29, 1.82) is 0 Å². The molecule has 35 heavy (non-hydrogen) atoms. The molecule has 0 fully saturated rings. The van der Waals surface area contributed by atoms with Crippen molar-refractivity contribution in [3.63, 3.8) is 0 Å². The summed E-state index contributed by atoms with van der Waals surface area (Å²) in [7, 11) is 4.26. The minimum Gasteiger partial charge on any atom is -1.00 e. The van der Waals surface area contributed by atoms with Crippen LogP contribution < -0.4 is 12.4 Å². The Morgan fingerprint density at radius 2 is 1.00 bits per heavy atom. The molecule has 0 aromatic heterocycles. The summed E-state index contributed by atoms with van der Waals surface area (Å²) in [5.41, 5.74) is 0. The molecule has 6 heteroatoms. The summed E-state index contributed by atoms with van der Waals surface area (Å²) in [6.07, 6.45) is 25.3. The van der Waals surface area contributed by atoms with Crippen LogP contribution in [0.25, 0.3) is 0 Å². The molecule has 0 bridgehead atoms. The van der Waals surface area contributed by atoms with E-state index in [-0.39, 0.29) is 31.8 Å². The van der Waals surface area contributed by atoms with Gasteiger partial charge in [-0.25, -0.2) is 0 Å². The van der Waals surface area contributed by atoms with Gasteiger partial charge in [-0.05, 0) is 12.5 Å². The molecule has 4 N–H and O–H groups in total. The summed E-state index contributed by atoms with van der Waals surface area (Å²) in [6, 6.07) is 0.363. The van der Waals surface area contributed by atoms with Crippen LogP contribution in [0.15, 0.2) is 12.7 Å². The predicted octanol–water partition coefficient (Wildman–Crippen LogP) is 3.33. The van der Waals surface area contributed by atoms with Gasteiger partial charge in [-0.15, -0.1) is 0 Å². The van der Waals surface area contributed by atoms with Crippen LogP contribution in [0.5, 0.6) is 0 Å². The van der Waals surface area contributed by atoms with E-state index >= 15 is 0 Å². The SMILES string of the molecule is C=CC(CCCCCCCCCCCCCCCCCC)[N+](C)(C)C(O)CC.OCC(O)CO.[Cl-]. The van der Waals surface area contributed by atoms with Crippen LogP contribution in [0.4, 0.5) is 0 Å². The predicted molar refractivity (Wildman–Crippen MR) is 147 cm³/mol. The fourth-order valence-electron chi connectivity index (χ4n) is 4.37. The monoisotopic (exact) mass is 523 g/mol. The molecular formula is C29H62ClNO4. The number of aliphatic hydroxyl groups excluding tert-OH is 4. The van der Waals surface area contributed by atoms with E-state index < -0.39 is 6.10 Å². The number of hydrogen-bond donors (Lipinski definition) is 4. The third-order valence-corrected chi connectivity index (χ3v) is 7.04. The van der Waals surface area contributed by atoms with Crippen LogP contribution in [-0.2, 0) is 0 Å². The van der Waals surface area contributed by atoms with E-state index in [4.69, 9.17) is 15.3 Å². The Bertz CT molecular complexity index is 419. The number of halogens is 1. The third-order valence-electron chi connectivity index (χ3n) is 7.04. The largest absolute Gasteiger partial charge is 1.00 e. The van der Waals surface area contributed by atoms with Gasteiger partial charge in [-0.2, -0.15) is 0 Å². The Kier molecular flexibility index (Phi) is 31.9. The van der Waals surface area contributed by atoms with Crippen molar-refractivity contribution in [1.82, 2.24) is 0 Å². The zero-order valence-corrected chi connectivity index (χ0v) is 24.5. The van der Waals surface area contributed by atoms with E-state index in [9.17, 15) is 5.11 Å². The minimum atomic E-state index is -0.954. The van der Waals surface area contributed by atoms with Gasteiger partial charge in [-0.3, -0.25) is 4.48 Å². The number of unbranched alkanes of at least 4 members (excludes halogenated alkanes) is 15. The Morgan fingerprint density at radius 1 is 0.657 bits per heavy atom. The highest BCUT2D eigenvalue weighted by atomic mass is 35.5. The average molecular weight is 524 g/mol. The number of hydrogen-bond acceptors (Lipinski definition) is 4. The topological polar surface area (TPSA) is 80.9 Å². The first-order chi connectivity index (χ1) is 16.3. The minimum absolute atomic E-state index is 0. The van der Waals surface area contributed by atoms with E-state index in [0.29, 0.717) is 10.5 Å². The summed E-state index contributed by atoms with van der Waals surface area (Å²) in [6.45, 7) is 7.63. The lowest BCUT2D eigenvalue weighted by Crippen LogP contribution is -3.00. The van der Waals surface area contributed by atoms with Gasteiger partial charge in [0.05, 0.1) is 27.3 Å². The van der Waals surface area contributed by atoms with Crippen LogP contribution in [-0.4, -0.2) is 70.6 Å². The summed E-state index contributed by atoms with van der Waals surface area (Å²) in [5, 5.41) is 34.3. The fourth-order valence-corrected chi connectivity index (χ4v) is 4.37. The maximum atomic E-state index is 10.2. The quantitative estimate of drug-likeness (QED) is 0.0716. The van der Waals surface area contributed by atoms with Gasteiger partial charge >= 0.3 is 0 Å². The molecule has 0 rings (SSSR count). The van der Waals surface area contributed by atoms with Crippen molar-refractivity contribution in [3.8, 4) is 0 Å². The standard InChI is InChI=1S/C26H54NO.C3H8O3.ClH/c1-6-9-10-11-12-13-14-15-16-17-18-19-20-21-22-23-24-25(7-2)27(4,5)26(28)8-3;4-1-3(6)2-5;/h7,25-26,28H,2,6,8-24H2,1,3-5H3;3-6H,1-2H2;1H/q+1;;/p-1. The van der Waals surface area contributed by atoms with E-state index in [1.165, 1.54) is 103 Å². The van der Waals surface area contributed by atoms with Crippen molar-refractivity contribution in [3.05, 3.63) is 12.7 Å². The molecule has 0 aromatic rings. The number of rotatable bonds is 23. The summed E-state index contributed by atoms with van der Waals surface area (Å²) >= 11 is 0. The lowest BCUT2D eigenvalue weighted by molar-refractivity contribution is -0.953. The zero-order chi connectivity index (χ0) is 26.1. The van der Waals surface area contributed by atoms with Gasteiger partial charge in [-0.1, -0.05) is 117 Å². The fraction of sp³-hybridized carbons (Fsp3) is 0.931. The number of aliphatic hydroxyl groups is 4. The summed E-state index contributed by atoms with van der Waals surface area (Å²) < 4.78 is 0.652. The molecule has 0 saturated heterocycles. The Hall–Kier alpha value is -0.170. The molecule has 0 radical (unpaired) electrons. The third kappa shape index (κ3) is 23.9. The molecule has 0 aliphatic rings. The first-order valence-electron chi connectivity index (χ1n) is 14.3. The molecule has 0 aromatic carbocycles. The molecule has 2 atom stereocenters. The number of likely N-dealkylation sites (N-methyl/N-ethyl adjacent to an activating group) is 1. The number of nitrogens with zero attached hydrogens (tertiary/aromatic N) is 1. The second-order valence-corrected chi connectivity index (χ2v) is 10.4. The van der Waals surface area contributed by atoms with Crippen molar-refractivity contribution in [2.24, 2.45) is 0 Å². The molecule has 0 aliphatic heterocycles. The van der Waals surface area contributed by atoms with Crippen molar-refractivity contribution >= 4 is 0 Å². The molecule has 0 heterocycles. The van der Waals surface area contributed by atoms with Gasteiger partial charge < -0.3 is 32.8 Å². The Morgan fingerprint density at radius 3 is 1.26 bits per heavy atom. The smallest absolute Gasteiger partial charge is 0.190 e. The molecule has 0 saturated carbocycles. The highest BCUT2D eigenvalue weighted by Crippen LogP contribution is 2.21. The van der Waals surface area contributed by atoms with Crippen LogP contribution in [0.2, 0.25) is 0 Å². The molecule has 5 nitrogen and oxygen atoms in total. The van der Waals surface area contributed by atoms with Crippen molar-refractivity contribution < 1.29 is 37.3 Å². The van der Waals surface area contributed by atoms with E-state index in [1.807, 2.05) is 6.08 Å². The van der Waals surface area contributed by atoms with Crippen LogP contribution >= 0.6 is 0 Å². The Balaban J connectivity index is -0.00000129. The average Bonchev–Trinajstić information content (AvgIpc) is 2.85. The van der Waals surface area contributed by atoms with Gasteiger partial charge in [0, 0.05) is 12.8 Å². The van der Waals surface area contributed by atoms with E-state index in [0.717, 1.165) is 12.8 Å². The highest BCUT2D eigenvalue weighted by molar-refractivity contribution is 4.80. The van der Waals surface area contributed by atoms with Crippen LogP contribution in [0.1, 0.15) is 129 Å². The highest BCUT2D eigenvalue weighted by Gasteiger charge is 2.31. The molecular weight excluding hydrogens is 462 g/mol. The van der Waals surface area contributed by atoms with Crippen molar-refractivity contribution in [2.45, 2.75) is 148 Å². The maximum Gasteiger partial charge on any atom is 0.190 e. The van der Waals surface area contributed by atoms with E-state index in [2.05, 4.69) is 34.5 Å². The van der Waals surface area contributed by atoms with Crippen LogP contribution in [0, 0.1) is 0 Å². The van der Waals surface area contributed by atoms with E-state index in [1.54, 1.807) is 0 Å². The second-order valence-electron chi connectivity index (χ2n) is 10.4. The molecule has 2 unspecified atom stereocenters. The molecule has 0 amide bonds. The second kappa shape index (κ2) is 28.4.